The molecule has 1 aliphatic carbocycles. The van der Waals surface area contributed by atoms with Gasteiger partial charge in [-0.2, -0.15) is 0 Å². The number of nitrogens with one attached hydrogen (secondary N) is 1. The zero-order chi connectivity index (χ0) is 12.6. The van der Waals surface area contributed by atoms with Gasteiger partial charge in [0.2, 0.25) is 0 Å². The molecule has 0 atom stereocenters. The van der Waals surface area contributed by atoms with Crippen LogP contribution in [-0.4, -0.2) is 23.0 Å². The molecule has 1 saturated carbocycles. The molecule has 0 radical (unpaired) electrons. The Morgan fingerprint density at radius 3 is 2.50 bits per heavy atom. The van der Waals surface area contributed by atoms with Crippen molar-refractivity contribution in [3.63, 3.8) is 0 Å². The number of carbonyl (C=O) groups excluding carboxylic acids is 1. The molecule has 0 bridgehead atoms. The highest BCUT2D eigenvalue weighted by Gasteiger charge is 2.54. The van der Waals surface area contributed by atoms with Crippen molar-refractivity contribution in [3.05, 3.63) is 29.3 Å². The summed E-state index contributed by atoms with van der Waals surface area (Å²) in [5, 5.41) is 3.61. The lowest BCUT2D eigenvalue weighted by atomic mass is 9.89. The Balaban J connectivity index is 1.61. The van der Waals surface area contributed by atoms with Crippen LogP contribution in [0.5, 0.6) is 0 Å². The Morgan fingerprint density at radius 1 is 1.17 bits per heavy atom. The van der Waals surface area contributed by atoms with Gasteiger partial charge in [0.15, 0.2) is 0 Å². The largest absolute Gasteiger partial charge is 0.322 e. The predicted octanol–water partition coefficient (Wildman–Crippen LogP) is 3.89. The predicted molar refractivity (Wildman–Crippen MR) is 73.0 cm³/mol. The molecule has 3 rings (SSSR count). The number of carbonyl (C=O) groups is 1. The molecule has 1 aliphatic heterocycles. The zero-order valence-electron chi connectivity index (χ0n) is 10.3. The number of nitrogens with zero attached hydrogens (tertiary/aromatic N) is 1. The third-order valence-electron chi connectivity index (χ3n) is 4.05. The van der Waals surface area contributed by atoms with Gasteiger partial charge in [-0.25, -0.2) is 4.79 Å². The van der Waals surface area contributed by atoms with E-state index >= 15 is 0 Å². The quantitative estimate of drug-likeness (QED) is 0.767. The molecule has 18 heavy (non-hydrogen) atoms. The smallest absolute Gasteiger partial charge is 0.315 e. The molecule has 2 amide bonds. The van der Waals surface area contributed by atoms with Gasteiger partial charge in [0.25, 0.3) is 0 Å². The monoisotopic (exact) mass is 264 g/mol. The standard InChI is InChI=1S/C14H17ClN2O/c15-11-4-6-12(7-5-11)16-13(18)17-10-14(17)8-2-1-3-9-14/h4-7H,1-3,8-10H2,(H,16,18). The molecule has 0 unspecified atom stereocenters. The molecule has 2 aliphatic rings. The van der Waals surface area contributed by atoms with Gasteiger partial charge in [0, 0.05) is 17.3 Å². The minimum Gasteiger partial charge on any atom is -0.315 e. The molecule has 1 aromatic carbocycles. The van der Waals surface area contributed by atoms with Crippen LogP contribution in [0.4, 0.5) is 10.5 Å². The summed E-state index contributed by atoms with van der Waals surface area (Å²) < 4.78 is 0. The maximum Gasteiger partial charge on any atom is 0.322 e. The van der Waals surface area contributed by atoms with E-state index in [1.807, 2.05) is 17.0 Å². The number of hydrogen-bond acceptors (Lipinski definition) is 1. The lowest BCUT2D eigenvalue weighted by molar-refractivity contribution is 0.228. The molecule has 1 aromatic rings. The average Bonchev–Trinajstić information content (AvgIpc) is 3.07. The SMILES string of the molecule is O=C(Nc1ccc(Cl)cc1)N1CC12CCCCC2. The van der Waals surface area contributed by atoms with E-state index in [0.717, 1.165) is 12.2 Å². The summed E-state index contributed by atoms with van der Waals surface area (Å²) in [5.41, 5.74) is 0.997. The molecule has 4 heteroatoms. The number of amides is 2. The molecule has 2 fully saturated rings. The number of urea groups is 1. The summed E-state index contributed by atoms with van der Waals surface area (Å²) in [4.78, 5) is 14.1. The van der Waals surface area contributed by atoms with Gasteiger partial charge >= 0.3 is 6.03 Å². The summed E-state index contributed by atoms with van der Waals surface area (Å²) in [6, 6.07) is 7.26. The fourth-order valence-corrected chi connectivity index (χ4v) is 3.03. The average molecular weight is 265 g/mol. The van der Waals surface area contributed by atoms with Crippen molar-refractivity contribution in [2.75, 3.05) is 11.9 Å². The fraction of sp³-hybridized carbons (Fsp3) is 0.500. The van der Waals surface area contributed by atoms with Gasteiger partial charge in [-0.1, -0.05) is 30.9 Å². The van der Waals surface area contributed by atoms with Crippen molar-refractivity contribution in [1.82, 2.24) is 4.90 Å². The Kier molecular flexibility index (Phi) is 2.94. The number of benzene rings is 1. The Morgan fingerprint density at radius 2 is 1.83 bits per heavy atom. The van der Waals surface area contributed by atoms with Crippen LogP contribution < -0.4 is 5.32 Å². The van der Waals surface area contributed by atoms with E-state index in [-0.39, 0.29) is 11.6 Å². The van der Waals surface area contributed by atoms with E-state index in [2.05, 4.69) is 5.32 Å². The molecule has 3 nitrogen and oxygen atoms in total. The summed E-state index contributed by atoms with van der Waals surface area (Å²) >= 11 is 5.82. The van der Waals surface area contributed by atoms with Crippen LogP contribution >= 0.6 is 11.6 Å². The van der Waals surface area contributed by atoms with Crippen LogP contribution in [0.1, 0.15) is 32.1 Å². The van der Waals surface area contributed by atoms with E-state index in [9.17, 15) is 4.79 Å². The lowest BCUT2D eigenvalue weighted by Crippen LogP contribution is -2.29. The first-order valence-electron chi connectivity index (χ1n) is 6.54. The minimum atomic E-state index is 0.0271. The number of rotatable bonds is 1. The summed E-state index contributed by atoms with van der Waals surface area (Å²) in [6.07, 6.45) is 6.16. The Bertz CT molecular complexity index is 451. The molecular weight excluding hydrogens is 248 g/mol. The van der Waals surface area contributed by atoms with Crippen molar-refractivity contribution >= 4 is 23.3 Å². The number of halogens is 1. The lowest BCUT2D eigenvalue weighted by Gasteiger charge is -2.22. The van der Waals surface area contributed by atoms with E-state index in [0.29, 0.717) is 5.02 Å². The third-order valence-corrected chi connectivity index (χ3v) is 4.30. The topological polar surface area (TPSA) is 32.1 Å². The second-order valence-electron chi connectivity index (χ2n) is 5.31. The number of hydrogen-bond donors (Lipinski definition) is 1. The maximum absolute atomic E-state index is 12.1. The fourth-order valence-electron chi connectivity index (χ4n) is 2.91. The van der Waals surface area contributed by atoms with Gasteiger partial charge < -0.3 is 10.2 Å². The van der Waals surface area contributed by atoms with Crippen LogP contribution in [-0.2, 0) is 0 Å². The van der Waals surface area contributed by atoms with Crippen molar-refractivity contribution < 1.29 is 4.79 Å². The maximum atomic E-state index is 12.1. The highest BCUT2D eigenvalue weighted by molar-refractivity contribution is 6.30. The van der Waals surface area contributed by atoms with Crippen LogP contribution in [0, 0.1) is 0 Å². The summed E-state index contributed by atoms with van der Waals surface area (Å²) in [5.74, 6) is 0. The van der Waals surface area contributed by atoms with Gasteiger partial charge in [-0.15, -0.1) is 0 Å². The molecule has 1 heterocycles. The summed E-state index contributed by atoms with van der Waals surface area (Å²) in [6.45, 7) is 0.923. The zero-order valence-corrected chi connectivity index (χ0v) is 11.0. The van der Waals surface area contributed by atoms with Crippen molar-refractivity contribution in [2.45, 2.75) is 37.6 Å². The van der Waals surface area contributed by atoms with E-state index in [1.165, 1.54) is 32.1 Å². The van der Waals surface area contributed by atoms with Gasteiger partial charge in [-0.3, -0.25) is 0 Å². The Labute approximate surface area is 112 Å². The highest BCUT2D eigenvalue weighted by atomic mass is 35.5. The molecular formula is C14H17ClN2O. The van der Waals surface area contributed by atoms with Gasteiger partial charge in [0.05, 0.1) is 5.54 Å². The first kappa shape index (κ1) is 11.8. The van der Waals surface area contributed by atoms with E-state index in [1.54, 1.807) is 12.1 Å². The van der Waals surface area contributed by atoms with Crippen LogP contribution in [0.3, 0.4) is 0 Å². The molecule has 0 aromatic heterocycles. The van der Waals surface area contributed by atoms with Crippen molar-refractivity contribution in [3.8, 4) is 0 Å². The van der Waals surface area contributed by atoms with E-state index < -0.39 is 0 Å². The first-order valence-corrected chi connectivity index (χ1v) is 6.92. The molecule has 1 N–H and O–H groups in total. The third kappa shape index (κ3) is 2.19. The highest BCUT2D eigenvalue weighted by Crippen LogP contribution is 2.45. The summed E-state index contributed by atoms with van der Waals surface area (Å²) in [7, 11) is 0. The van der Waals surface area contributed by atoms with Gasteiger partial charge in [-0.05, 0) is 37.1 Å². The van der Waals surface area contributed by atoms with Crippen molar-refractivity contribution in [2.24, 2.45) is 0 Å². The molecule has 1 spiro atoms. The molecule has 96 valence electrons. The van der Waals surface area contributed by atoms with E-state index in [4.69, 9.17) is 11.6 Å². The Hall–Kier alpha value is -1.22. The second-order valence-corrected chi connectivity index (χ2v) is 5.74. The van der Waals surface area contributed by atoms with Crippen LogP contribution in [0.15, 0.2) is 24.3 Å². The second kappa shape index (κ2) is 4.47. The molecule has 1 saturated heterocycles. The van der Waals surface area contributed by atoms with Gasteiger partial charge in [0.1, 0.15) is 0 Å². The van der Waals surface area contributed by atoms with Crippen LogP contribution in [0.25, 0.3) is 0 Å². The van der Waals surface area contributed by atoms with Crippen molar-refractivity contribution in [1.29, 1.82) is 0 Å². The minimum absolute atomic E-state index is 0.0271. The van der Waals surface area contributed by atoms with Crippen LogP contribution in [0.2, 0.25) is 5.02 Å². The normalized spacial score (nSPS) is 20.8. The first-order chi connectivity index (χ1) is 8.70. The number of anilines is 1.